The number of para-hydroxylation sites is 2. The molecular formula is C88H56N2O. The molecule has 19 rings (SSSR count). The first-order valence-corrected chi connectivity index (χ1v) is 31.5. The second kappa shape index (κ2) is 19.9. The van der Waals surface area contributed by atoms with E-state index < -0.39 is 10.8 Å². The third-order valence-corrected chi connectivity index (χ3v) is 20.1. The molecule has 0 fully saturated rings. The SMILES string of the molecule is c1ccc(-n2c3ccccc3c3ccc(-c4ccc(N(c5cccc(-c6ccc7c(c6)C6(c8ccccc8-7)c7ccc8ccccc8c7Oc7c6ccc6ccccc76)c5)c5ccc6c(c5)C(c5ccccc5)(c5ccccc5)c5ccccc5-6)cc4)cc32)cc1. The van der Waals surface area contributed by atoms with Crippen LogP contribution in [0.15, 0.2) is 340 Å². The van der Waals surface area contributed by atoms with Gasteiger partial charge in [0.1, 0.15) is 11.5 Å². The molecule has 1 spiro atoms. The van der Waals surface area contributed by atoms with Crippen molar-refractivity contribution in [2.24, 2.45) is 0 Å². The molecule has 3 heteroatoms. The summed E-state index contributed by atoms with van der Waals surface area (Å²) in [6, 6.07) is 126. The van der Waals surface area contributed by atoms with Crippen molar-refractivity contribution in [3.63, 3.8) is 0 Å². The molecule has 0 saturated heterocycles. The summed E-state index contributed by atoms with van der Waals surface area (Å²) in [6.45, 7) is 0. The number of ether oxygens (including phenoxy) is 1. The Bertz CT molecular complexity index is 5500. The van der Waals surface area contributed by atoms with E-state index in [0.717, 1.165) is 89.2 Å². The monoisotopic (exact) mass is 1160 g/mol. The Kier molecular flexibility index (Phi) is 11.2. The minimum Gasteiger partial charge on any atom is -0.455 e. The molecule has 0 atom stereocenters. The van der Waals surface area contributed by atoms with Crippen LogP contribution in [0, 0.1) is 0 Å². The van der Waals surface area contributed by atoms with Gasteiger partial charge in [0.25, 0.3) is 0 Å². The zero-order valence-electron chi connectivity index (χ0n) is 49.6. The zero-order chi connectivity index (χ0) is 59.8. The Hall–Kier alpha value is -11.8. The summed E-state index contributed by atoms with van der Waals surface area (Å²) in [5.41, 5.74) is 24.8. The van der Waals surface area contributed by atoms with Gasteiger partial charge in [0, 0.05) is 55.4 Å². The van der Waals surface area contributed by atoms with Gasteiger partial charge in [-0.15, -0.1) is 0 Å². The summed E-state index contributed by atoms with van der Waals surface area (Å²) in [6.07, 6.45) is 0. The van der Waals surface area contributed by atoms with E-state index in [1.165, 1.54) is 77.4 Å². The molecule has 2 aliphatic carbocycles. The van der Waals surface area contributed by atoms with Gasteiger partial charge in [-0.1, -0.05) is 273 Å². The highest BCUT2D eigenvalue weighted by Gasteiger charge is 2.52. The van der Waals surface area contributed by atoms with Crippen LogP contribution in [0.5, 0.6) is 11.5 Å². The maximum Gasteiger partial charge on any atom is 0.140 e. The van der Waals surface area contributed by atoms with Crippen molar-refractivity contribution >= 4 is 60.4 Å². The molecule has 0 radical (unpaired) electrons. The average molecular weight is 1160 g/mol. The Labute approximate surface area is 528 Å². The lowest BCUT2D eigenvalue weighted by Gasteiger charge is -2.40. The first-order chi connectivity index (χ1) is 45.1. The molecule has 0 N–H and O–H groups in total. The fourth-order valence-corrected chi connectivity index (χ4v) is 16.2. The Morgan fingerprint density at radius 1 is 0.253 bits per heavy atom. The van der Waals surface area contributed by atoms with Gasteiger partial charge < -0.3 is 14.2 Å². The fraction of sp³-hybridized carbons (Fsp3) is 0.0227. The summed E-state index contributed by atoms with van der Waals surface area (Å²) in [5, 5.41) is 7.00. The van der Waals surface area contributed by atoms with Gasteiger partial charge in [0.05, 0.1) is 21.9 Å². The topological polar surface area (TPSA) is 17.4 Å². The standard InChI is InChI=1S/C88H56N2O/c1-4-24-63(25-5-1)87(64-26-6-2-7-27-64)77-36-17-14-33-71(77)74-50-47-68(56-82(74)87)89(66-45-39-57(40-46-66)62-42-49-76-75-35-16-19-38-83(75)90(84(76)55-62)65-28-8-3-9-29-65)67-30-20-23-60(53-67)61-41-48-73-72-34-15-18-37-78(72)88(81(73)54-61)79-51-43-58-21-10-12-31-69(58)85(79)91-86-70-32-13-11-22-59(70)44-52-80(86)88/h1-56H. The average Bonchev–Trinajstić information content (AvgIpc) is 1.61. The maximum absolute atomic E-state index is 7.35. The lowest BCUT2D eigenvalue weighted by molar-refractivity contribution is 0.447. The van der Waals surface area contributed by atoms with Crippen molar-refractivity contribution in [3.05, 3.63) is 384 Å². The molecule has 0 unspecified atom stereocenters. The number of hydrogen-bond acceptors (Lipinski definition) is 2. The smallest absolute Gasteiger partial charge is 0.140 e. The van der Waals surface area contributed by atoms with Crippen molar-refractivity contribution in [3.8, 4) is 61.7 Å². The largest absolute Gasteiger partial charge is 0.455 e. The van der Waals surface area contributed by atoms with Crippen LogP contribution >= 0.6 is 0 Å². The number of nitrogens with zero attached hydrogens (tertiary/aromatic N) is 2. The third-order valence-electron chi connectivity index (χ3n) is 20.1. The predicted molar refractivity (Wildman–Crippen MR) is 376 cm³/mol. The molecule has 16 aromatic rings. The van der Waals surface area contributed by atoms with E-state index in [1.54, 1.807) is 0 Å². The van der Waals surface area contributed by atoms with Gasteiger partial charge in [-0.2, -0.15) is 0 Å². The highest BCUT2D eigenvalue weighted by Crippen LogP contribution is 2.65. The number of fused-ring (bicyclic) bond motifs is 19. The van der Waals surface area contributed by atoms with E-state index in [0.29, 0.717) is 0 Å². The summed E-state index contributed by atoms with van der Waals surface area (Å²) in [4.78, 5) is 2.47. The minimum absolute atomic E-state index is 0.583. The van der Waals surface area contributed by atoms with Crippen LogP contribution in [-0.4, -0.2) is 4.57 Å². The van der Waals surface area contributed by atoms with Gasteiger partial charge in [0.15, 0.2) is 0 Å². The summed E-state index contributed by atoms with van der Waals surface area (Å²) in [5.74, 6) is 1.83. The number of benzene rings is 15. The van der Waals surface area contributed by atoms with Gasteiger partial charge in [-0.3, -0.25) is 0 Å². The zero-order valence-corrected chi connectivity index (χ0v) is 49.6. The van der Waals surface area contributed by atoms with Crippen LogP contribution in [0.3, 0.4) is 0 Å². The van der Waals surface area contributed by atoms with Crippen molar-refractivity contribution in [1.29, 1.82) is 0 Å². The van der Waals surface area contributed by atoms with Crippen LogP contribution in [0.4, 0.5) is 17.1 Å². The highest BCUT2D eigenvalue weighted by molar-refractivity contribution is 6.10. The molecule has 1 aliphatic heterocycles. The van der Waals surface area contributed by atoms with E-state index in [9.17, 15) is 0 Å². The van der Waals surface area contributed by atoms with Crippen LogP contribution in [0.1, 0.15) is 44.5 Å². The summed E-state index contributed by atoms with van der Waals surface area (Å²) < 4.78 is 9.75. The second-order valence-corrected chi connectivity index (χ2v) is 24.6. The van der Waals surface area contributed by atoms with E-state index in [4.69, 9.17) is 4.74 Å². The van der Waals surface area contributed by atoms with Crippen LogP contribution in [0.25, 0.3) is 93.5 Å². The molecule has 91 heavy (non-hydrogen) atoms. The molecule has 15 aromatic carbocycles. The molecule has 0 amide bonds. The highest BCUT2D eigenvalue weighted by atomic mass is 16.5. The summed E-state index contributed by atoms with van der Waals surface area (Å²) >= 11 is 0. The third kappa shape index (κ3) is 7.38. The van der Waals surface area contributed by atoms with Gasteiger partial charge in [0.2, 0.25) is 0 Å². The maximum atomic E-state index is 7.35. The molecule has 3 aliphatic rings. The minimum atomic E-state index is -0.682. The van der Waals surface area contributed by atoms with Crippen LogP contribution in [-0.2, 0) is 10.8 Å². The van der Waals surface area contributed by atoms with E-state index in [-0.39, 0.29) is 0 Å². The molecule has 0 saturated carbocycles. The quantitative estimate of drug-likeness (QED) is 0.151. The van der Waals surface area contributed by atoms with Crippen molar-refractivity contribution in [2.45, 2.75) is 10.8 Å². The molecule has 1 aromatic heterocycles. The van der Waals surface area contributed by atoms with Crippen LogP contribution in [0.2, 0.25) is 0 Å². The Morgan fingerprint density at radius 3 is 1.40 bits per heavy atom. The lowest BCUT2D eigenvalue weighted by Crippen LogP contribution is -2.32. The first kappa shape index (κ1) is 51.3. The first-order valence-electron chi connectivity index (χ1n) is 31.5. The Balaban J connectivity index is 0.808. The number of rotatable bonds is 8. The fourth-order valence-electron chi connectivity index (χ4n) is 16.2. The van der Waals surface area contributed by atoms with E-state index >= 15 is 0 Å². The number of aromatic nitrogens is 1. The van der Waals surface area contributed by atoms with Crippen LogP contribution < -0.4 is 9.64 Å². The van der Waals surface area contributed by atoms with Crippen molar-refractivity contribution in [2.75, 3.05) is 4.90 Å². The molecule has 2 heterocycles. The molecular weight excluding hydrogens is 1100 g/mol. The number of anilines is 3. The lowest BCUT2D eigenvalue weighted by atomic mass is 9.65. The van der Waals surface area contributed by atoms with E-state index in [1.807, 2.05) is 0 Å². The van der Waals surface area contributed by atoms with Gasteiger partial charge in [-0.05, 0) is 155 Å². The number of hydrogen-bond donors (Lipinski definition) is 0. The van der Waals surface area contributed by atoms with Crippen molar-refractivity contribution < 1.29 is 4.74 Å². The van der Waals surface area contributed by atoms with Crippen molar-refractivity contribution in [1.82, 2.24) is 4.57 Å². The summed E-state index contributed by atoms with van der Waals surface area (Å²) in [7, 11) is 0. The van der Waals surface area contributed by atoms with Gasteiger partial charge in [-0.25, -0.2) is 0 Å². The normalized spacial score (nSPS) is 13.5. The van der Waals surface area contributed by atoms with E-state index in [2.05, 4.69) is 349 Å². The Morgan fingerprint density at radius 2 is 0.725 bits per heavy atom. The second-order valence-electron chi connectivity index (χ2n) is 24.6. The van der Waals surface area contributed by atoms with Gasteiger partial charge >= 0.3 is 0 Å². The molecule has 424 valence electrons. The predicted octanol–water partition coefficient (Wildman–Crippen LogP) is 22.7. The molecule has 3 nitrogen and oxygen atoms in total. The molecule has 0 bridgehead atoms.